The van der Waals surface area contributed by atoms with Crippen molar-refractivity contribution in [3.63, 3.8) is 0 Å². The molecule has 0 bridgehead atoms. The first-order valence-electron chi connectivity index (χ1n) is 10.4. The predicted molar refractivity (Wildman–Crippen MR) is 126 cm³/mol. The fourth-order valence-electron chi connectivity index (χ4n) is 3.41. The summed E-state index contributed by atoms with van der Waals surface area (Å²) in [6.07, 6.45) is 0. The van der Waals surface area contributed by atoms with Crippen LogP contribution in [-0.2, 0) is 18.3 Å². The van der Waals surface area contributed by atoms with Crippen LogP contribution in [0.4, 0.5) is 5.82 Å². The number of aryl methyl sites for hydroxylation is 2. The molecule has 11 nitrogen and oxygen atoms in total. The maximum Gasteiger partial charge on any atom is 0.359 e. The van der Waals surface area contributed by atoms with E-state index in [0.29, 0.717) is 5.82 Å². The Kier molecular flexibility index (Phi) is 7.06. The average Bonchev–Trinajstić information content (AvgIpc) is 3.11. The summed E-state index contributed by atoms with van der Waals surface area (Å²) >= 11 is 6.12. The van der Waals surface area contributed by atoms with E-state index < -0.39 is 35.2 Å². The molecule has 34 heavy (non-hydrogen) atoms. The van der Waals surface area contributed by atoms with Crippen molar-refractivity contribution in [3.8, 4) is 5.82 Å². The van der Waals surface area contributed by atoms with Gasteiger partial charge in [0.2, 0.25) is 5.78 Å². The number of ether oxygens (including phenoxy) is 1. The lowest BCUT2D eigenvalue weighted by Gasteiger charge is -2.16. The third kappa shape index (κ3) is 4.79. The number of esters is 1. The van der Waals surface area contributed by atoms with Crippen LogP contribution in [0.5, 0.6) is 0 Å². The van der Waals surface area contributed by atoms with Gasteiger partial charge in [-0.15, -0.1) is 0 Å². The summed E-state index contributed by atoms with van der Waals surface area (Å²) in [5.74, 6) is -1.72. The molecule has 0 spiro atoms. The molecule has 0 unspecified atom stereocenters. The van der Waals surface area contributed by atoms with Crippen LogP contribution in [0, 0.1) is 19.8 Å². The number of hydrogen-bond donors (Lipinski definition) is 1. The molecule has 0 aliphatic heterocycles. The van der Waals surface area contributed by atoms with Crippen LogP contribution in [0.3, 0.4) is 0 Å². The summed E-state index contributed by atoms with van der Waals surface area (Å²) in [6, 6.07) is 4.90. The van der Waals surface area contributed by atoms with Gasteiger partial charge in [0.25, 0.3) is 5.56 Å². The number of carbonyl (C=O) groups excluding carboxylic acids is 2. The summed E-state index contributed by atoms with van der Waals surface area (Å²) < 4.78 is 8.58. The highest BCUT2D eigenvalue weighted by atomic mass is 35.5. The fraction of sp³-hybridized carbons (Fsp3) is 0.364. The highest BCUT2D eigenvalue weighted by molar-refractivity contribution is 6.33. The van der Waals surface area contributed by atoms with Crippen LogP contribution in [0.2, 0.25) is 5.02 Å². The molecule has 0 saturated heterocycles. The van der Waals surface area contributed by atoms with Crippen LogP contribution in [0.1, 0.15) is 46.1 Å². The van der Waals surface area contributed by atoms with Gasteiger partial charge in [-0.2, -0.15) is 5.10 Å². The van der Waals surface area contributed by atoms with Gasteiger partial charge in [0.05, 0.1) is 10.7 Å². The largest absolute Gasteiger partial charge is 0.453 e. The molecule has 0 radical (unpaired) electrons. The van der Waals surface area contributed by atoms with Gasteiger partial charge >= 0.3 is 11.7 Å². The molecule has 0 atom stereocenters. The van der Waals surface area contributed by atoms with Gasteiger partial charge < -0.3 is 10.5 Å². The smallest absolute Gasteiger partial charge is 0.359 e. The number of rotatable bonds is 7. The van der Waals surface area contributed by atoms with Crippen molar-refractivity contribution >= 4 is 29.2 Å². The minimum atomic E-state index is -0.965. The van der Waals surface area contributed by atoms with E-state index in [-0.39, 0.29) is 29.0 Å². The predicted octanol–water partition coefficient (Wildman–Crippen LogP) is 1.68. The second kappa shape index (κ2) is 9.64. The van der Waals surface area contributed by atoms with Gasteiger partial charge in [0, 0.05) is 19.3 Å². The highest BCUT2D eigenvalue weighted by Crippen LogP contribution is 2.19. The number of halogens is 1. The third-order valence-electron chi connectivity index (χ3n) is 5.00. The maximum absolute atomic E-state index is 12.8. The van der Waals surface area contributed by atoms with Crippen molar-refractivity contribution in [2.24, 2.45) is 13.0 Å². The van der Waals surface area contributed by atoms with Crippen LogP contribution in [0.25, 0.3) is 5.82 Å². The normalized spacial score (nSPS) is 11.1. The lowest BCUT2D eigenvalue weighted by molar-refractivity contribution is 0.0468. The number of anilines is 1. The van der Waals surface area contributed by atoms with E-state index >= 15 is 0 Å². The second-order valence-electron chi connectivity index (χ2n) is 8.25. The van der Waals surface area contributed by atoms with E-state index in [9.17, 15) is 19.2 Å². The minimum Gasteiger partial charge on any atom is -0.453 e. The molecule has 0 saturated carbocycles. The van der Waals surface area contributed by atoms with Crippen molar-refractivity contribution in [1.82, 2.24) is 23.9 Å². The number of nitrogens with zero attached hydrogens (tertiary/aromatic N) is 5. The van der Waals surface area contributed by atoms with E-state index in [1.807, 2.05) is 33.8 Å². The number of hydrogen-bond acceptors (Lipinski definition) is 8. The van der Waals surface area contributed by atoms with E-state index in [1.165, 1.54) is 17.8 Å². The van der Waals surface area contributed by atoms with Crippen molar-refractivity contribution in [3.05, 3.63) is 66.7 Å². The standard InChI is InChI=1S/C22H25ClN6O5/c1-11(2)9-28-19(24)17(20(31)27(5)22(28)33)15(30)10-34-21(32)18-14(23)6-7-16(25-18)29-13(4)8-12(3)26-29/h6-8,11H,9-10,24H2,1-5H3. The molecule has 180 valence electrons. The Hall–Kier alpha value is -3.73. The van der Waals surface area contributed by atoms with Crippen molar-refractivity contribution < 1.29 is 14.3 Å². The zero-order chi connectivity index (χ0) is 25.3. The summed E-state index contributed by atoms with van der Waals surface area (Å²) in [7, 11) is 1.25. The Morgan fingerprint density at radius 1 is 1.21 bits per heavy atom. The molecule has 3 rings (SSSR count). The SMILES string of the molecule is Cc1cc(C)n(-c2ccc(Cl)c(C(=O)OCC(=O)c3c(N)n(CC(C)C)c(=O)n(C)c3=O)n2)n1. The fourth-order valence-corrected chi connectivity index (χ4v) is 3.59. The second-order valence-corrected chi connectivity index (χ2v) is 8.66. The van der Waals surface area contributed by atoms with E-state index in [2.05, 4.69) is 10.1 Å². The number of ketones is 1. The molecule has 0 aliphatic rings. The number of nitrogen functional groups attached to an aromatic ring is 1. The third-order valence-corrected chi connectivity index (χ3v) is 5.30. The number of carbonyl (C=O) groups is 2. The molecular weight excluding hydrogens is 464 g/mol. The molecular formula is C22H25ClN6O5. The van der Waals surface area contributed by atoms with Gasteiger partial charge in [-0.3, -0.25) is 18.7 Å². The quantitative estimate of drug-likeness (QED) is 0.390. The van der Waals surface area contributed by atoms with Crippen LogP contribution in [-0.4, -0.2) is 42.3 Å². The Labute approximate surface area is 199 Å². The summed E-state index contributed by atoms with van der Waals surface area (Å²) in [6.45, 7) is 6.78. The molecule has 0 fully saturated rings. The monoisotopic (exact) mass is 488 g/mol. The molecule has 12 heteroatoms. The molecule has 0 amide bonds. The first-order chi connectivity index (χ1) is 15.9. The van der Waals surface area contributed by atoms with Crippen LogP contribution in [0.15, 0.2) is 27.8 Å². The number of aromatic nitrogens is 5. The van der Waals surface area contributed by atoms with E-state index in [1.54, 1.807) is 6.07 Å². The molecule has 3 heterocycles. The van der Waals surface area contributed by atoms with Gasteiger partial charge in [0.15, 0.2) is 18.1 Å². The molecule has 0 aromatic carbocycles. The minimum absolute atomic E-state index is 0.0173. The van der Waals surface area contributed by atoms with Gasteiger partial charge in [-0.1, -0.05) is 25.4 Å². The topological polar surface area (TPSA) is 144 Å². The zero-order valence-corrected chi connectivity index (χ0v) is 20.2. The Morgan fingerprint density at radius 2 is 1.88 bits per heavy atom. The van der Waals surface area contributed by atoms with Crippen molar-refractivity contribution in [2.75, 3.05) is 12.3 Å². The first-order valence-corrected chi connectivity index (χ1v) is 10.8. The Balaban J connectivity index is 1.88. The molecule has 3 aromatic heterocycles. The van der Waals surface area contributed by atoms with Gasteiger partial charge in [0.1, 0.15) is 11.4 Å². The lowest BCUT2D eigenvalue weighted by atomic mass is 10.1. The summed E-state index contributed by atoms with van der Waals surface area (Å²) in [5, 5.41) is 4.33. The van der Waals surface area contributed by atoms with E-state index in [4.69, 9.17) is 22.1 Å². The molecule has 0 aliphatic carbocycles. The molecule has 2 N–H and O–H groups in total. The first kappa shape index (κ1) is 24.9. The zero-order valence-electron chi connectivity index (χ0n) is 19.5. The number of nitrogens with two attached hydrogens (primary N) is 1. The van der Waals surface area contributed by atoms with E-state index in [0.717, 1.165) is 20.5 Å². The number of pyridine rings is 1. The summed E-state index contributed by atoms with van der Waals surface area (Å²) in [5.41, 5.74) is 5.40. The van der Waals surface area contributed by atoms with Crippen LogP contribution >= 0.6 is 11.6 Å². The van der Waals surface area contributed by atoms with Gasteiger partial charge in [-0.05, 0) is 38.0 Å². The molecule has 3 aromatic rings. The average molecular weight is 489 g/mol. The summed E-state index contributed by atoms with van der Waals surface area (Å²) in [4.78, 5) is 54.6. The van der Waals surface area contributed by atoms with Crippen LogP contribution < -0.4 is 17.0 Å². The maximum atomic E-state index is 12.8. The van der Waals surface area contributed by atoms with Crippen molar-refractivity contribution in [2.45, 2.75) is 34.2 Å². The van der Waals surface area contributed by atoms with Crippen molar-refractivity contribution in [1.29, 1.82) is 0 Å². The lowest BCUT2D eigenvalue weighted by Crippen LogP contribution is -2.43. The number of Topliss-reactive ketones (excluding diaryl/α,β-unsaturated/α-hetero) is 1. The highest BCUT2D eigenvalue weighted by Gasteiger charge is 2.24. The Bertz CT molecular complexity index is 1400. The Morgan fingerprint density at radius 3 is 2.47 bits per heavy atom. The van der Waals surface area contributed by atoms with Gasteiger partial charge in [-0.25, -0.2) is 19.3 Å².